The fourth-order valence-corrected chi connectivity index (χ4v) is 4.25. The van der Waals surface area contributed by atoms with Crippen LogP contribution < -0.4 is 5.32 Å². The molecular formula is C23H29N3O3. The number of ether oxygens (including phenoxy) is 1. The number of amides is 1. The van der Waals surface area contributed by atoms with Crippen molar-refractivity contribution < 1.29 is 14.3 Å². The molecule has 0 bridgehead atoms. The number of carbonyl (C=O) groups excluding carboxylic acids is 2. The molecule has 1 aliphatic carbocycles. The van der Waals surface area contributed by atoms with Crippen LogP contribution in [0.25, 0.3) is 0 Å². The third kappa shape index (κ3) is 4.94. The monoisotopic (exact) mass is 395 g/mol. The van der Waals surface area contributed by atoms with Gasteiger partial charge in [-0.3, -0.25) is 9.78 Å². The van der Waals surface area contributed by atoms with Crippen LogP contribution in [0.4, 0.5) is 5.69 Å². The van der Waals surface area contributed by atoms with Gasteiger partial charge < -0.3 is 15.0 Å². The van der Waals surface area contributed by atoms with Crippen LogP contribution in [0.2, 0.25) is 0 Å². The predicted octanol–water partition coefficient (Wildman–Crippen LogP) is 4.20. The molecule has 1 saturated carbocycles. The smallest absolute Gasteiger partial charge is 0.340 e. The van der Waals surface area contributed by atoms with Crippen molar-refractivity contribution in [2.45, 2.75) is 57.7 Å². The molecule has 0 saturated heterocycles. The van der Waals surface area contributed by atoms with Crippen molar-refractivity contribution in [2.24, 2.45) is 0 Å². The summed E-state index contributed by atoms with van der Waals surface area (Å²) in [5, 5.41) is 3.45. The van der Waals surface area contributed by atoms with Crippen molar-refractivity contribution in [3.63, 3.8) is 0 Å². The van der Waals surface area contributed by atoms with Gasteiger partial charge in [-0.1, -0.05) is 30.3 Å². The number of esters is 1. The lowest BCUT2D eigenvalue weighted by molar-refractivity contribution is -0.134. The highest BCUT2D eigenvalue weighted by Crippen LogP contribution is 2.32. The number of hydrogen-bond acceptors (Lipinski definition) is 5. The van der Waals surface area contributed by atoms with Gasteiger partial charge in [0.2, 0.25) is 5.91 Å². The van der Waals surface area contributed by atoms with E-state index in [-0.39, 0.29) is 30.0 Å². The summed E-state index contributed by atoms with van der Waals surface area (Å²) in [6.07, 6.45) is 6.93. The molecule has 1 unspecified atom stereocenters. The van der Waals surface area contributed by atoms with E-state index in [9.17, 15) is 9.59 Å². The molecule has 1 fully saturated rings. The maximum atomic E-state index is 12.4. The number of aromatic nitrogens is 1. The number of nitrogens with one attached hydrogen (secondary N) is 1. The van der Waals surface area contributed by atoms with Crippen molar-refractivity contribution in [2.75, 3.05) is 12.4 Å². The average Bonchev–Trinajstić information content (AvgIpc) is 2.75. The zero-order valence-electron chi connectivity index (χ0n) is 17.3. The Morgan fingerprint density at radius 3 is 2.45 bits per heavy atom. The molecule has 2 aromatic rings. The number of hydrogen-bond donors (Lipinski definition) is 1. The third-order valence-electron chi connectivity index (χ3n) is 5.74. The van der Waals surface area contributed by atoms with Crippen molar-refractivity contribution in [1.29, 1.82) is 0 Å². The fourth-order valence-electron chi connectivity index (χ4n) is 4.25. The van der Waals surface area contributed by atoms with Gasteiger partial charge in [0.25, 0.3) is 0 Å². The largest absolute Gasteiger partial charge is 0.465 e. The Bertz CT molecular complexity index is 832. The molecule has 29 heavy (non-hydrogen) atoms. The van der Waals surface area contributed by atoms with Crippen molar-refractivity contribution in [3.05, 3.63) is 59.9 Å². The molecule has 0 aliphatic heterocycles. The first kappa shape index (κ1) is 20.8. The summed E-state index contributed by atoms with van der Waals surface area (Å²) in [4.78, 5) is 30.6. The molecule has 154 valence electrons. The van der Waals surface area contributed by atoms with Gasteiger partial charge in [-0.25, -0.2) is 4.79 Å². The number of nitrogens with zero attached hydrogens (tertiary/aromatic N) is 2. The van der Waals surface area contributed by atoms with Crippen LogP contribution in [0.5, 0.6) is 0 Å². The number of anilines is 1. The molecule has 3 rings (SSSR count). The van der Waals surface area contributed by atoms with Crippen LogP contribution in [0, 0.1) is 0 Å². The standard InChI is InChI=1S/C23H29N3O3/c1-16(18-7-5-4-6-8-18)26(17(2)27)20-11-9-19(10-12-20)25-22-15-24-14-13-21(22)23(28)29-3/h4-8,13-16,19-20,25H,9-12H2,1-3H3. The minimum Gasteiger partial charge on any atom is -0.465 e. The Morgan fingerprint density at radius 1 is 1.14 bits per heavy atom. The van der Waals surface area contributed by atoms with E-state index < -0.39 is 0 Å². The van der Waals surface area contributed by atoms with Crippen molar-refractivity contribution in [1.82, 2.24) is 9.88 Å². The van der Waals surface area contributed by atoms with Crippen LogP contribution >= 0.6 is 0 Å². The molecule has 1 N–H and O–H groups in total. The highest BCUT2D eigenvalue weighted by Gasteiger charge is 2.31. The van der Waals surface area contributed by atoms with E-state index in [0.717, 1.165) is 31.2 Å². The van der Waals surface area contributed by atoms with Crippen LogP contribution in [0.1, 0.15) is 61.5 Å². The summed E-state index contributed by atoms with van der Waals surface area (Å²) in [6.45, 7) is 3.75. The summed E-state index contributed by atoms with van der Waals surface area (Å²) in [7, 11) is 1.38. The second-order valence-electron chi connectivity index (χ2n) is 7.58. The molecule has 1 amide bonds. The number of pyridine rings is 1. The van der Waals surface area contributed by atoms with E-state index >= 15 is 0 Å². The number of methoxy groups -OCH3 is 1. The predicted molar refractivity (Wildman–Crippen MR) is 113 cm³/mol. The van der Waals surface area contributed by atoms with E-state index in [1.165, 1.54) is 7.11 Å². The van der Waals surface area contributed by atoms with E-state index in [1.807, 2.05) is 23.1 Å². The Balaban J connectivity index is 1.65. The van der Waals surface area contributed by atoms with Gasteiger partial charge in [0, 0.05) is 25.2 Å². The minimum absolute atomic E-state index is 0.0486. The van der Waals surface area contributed by atoms with Gasteiger partial charge in [-0.2, -0.15) is 0 Å². The zero-order valence-corrected chi connectivity index (χ0v) is 17.3. The Morgan fingerprint density at radius 2 is 1.83 bits per heavy atom. The molecule has 1 aromatic heterocycles. The van der Waals surface area contributed by atoms with Gasteiger partial charge >= 0.3 is 5.97 Å². The molecular weight excluding hydrogens is 366 g/mol. The van der Waals surface area contributed by atoms with Gasteiger partial charge in [0.1, 0.15) is 0 Å². The second kappa shape index (κ2) is 9.54. The molecule has 1 atom stereocenters. The lowest BCUT2D eigenvalue weighted by Crippen LogP contribution is -2.44. The Labute approximate surface area is 172 Å². The number of rotatable bonds is 6. The molecule has 0 spiro atoms. The van der Waals surface area contributed by atoms with Crippen LogP contribution in [-0.2, 0) is 9.53 Å². The van der Waals surface area contributed by atoms with Crippen LogP contribution in [0.15, 0.2) is 48.8 Å². The van der Waals surface area contributed by atoms with E-state index in [0.29, 0.717) is 11.3 Å². The first-order valence-electron chi connectivity index (χ1n) is 10.1. The minimum atomic E-state index is -0.372. The molecule has 0 radical (unpaired) electrons. The van der Waals surface area contributed by atoms with Gasteiger partial charge in [0.05, 0.1) is 30.6 Å². The average molecular weight is 396 g/mol. The maximum absolute atomic E-state index is 12.4. The molecule has 6 nitrogen and oxygen atoms in total. The summed E-state index contributed by atoms with van der Waals surface area (Å²) in [5.41, 5.74) is 2.34. The quantitative estimate of drug-likeness (QED) is 0.742. The van der Waals surface area contributed by atoms with E-state index in [1.54, 1.807) is 25.4 Å². The Kier molecular flexibility index (Phi) is 6.86. The van der Waals surface area contributed by atoms with E-state index in [4.69, 9.17) is 4.74 Å². The van der Waals surface area contributed by atoms with Crippen molar-refractivity contribution >= 4 is 17.6 Å². The van der Waals surface area contributed by atoms with E-state index in [2.05, 4.69) is 29.4 Å². The molecule has 6 heteroatoms. The summed E-state index contributed by atoms with van der Waals surface area (Å²) in [6, 6.07) is 12.3. The SMILES string of the molecule is COC(=O)c1ccncc1NC1CCC(N(C(C)=O)C(C)c2ccccc2)CC1. The normalized spacial score (nSPS) is 19.8. The maximum Gasteiger partial charge on any atom is 0.340 e. The summed E-state index contributed by atoms with van der Waals surface area (Å²) in [5.74, 6) is -0.263. The highest BCUT2D eigenvalue weighted by molar-refractivity contribution is 5.95. The number of carbonyl (C=O) groups is 2. The summed E-state index contributed by atoms with van der Waals surface area (Å²) < 4.78 is 4.86. The molecule has 1 aromatic carbocycles. The fraction of sp³-hybridized carbons (Fsp3) is 0.435. The second-order valence-corrected chi connectivity index (χ2v) is 7.58. The van der Waals surface area contributed by atoms with Crippen molar-refractivity contribution in [3.8, 4) is 0 Å². The van der Waals surface area contributed by atoms with Gasteiger partial charge in [-0.15, -0.1) is 0 Å². The topological polar surface area (TPSA) is 71.5 Å². The third-order valence-corrected chi connectivity index (χ3v) is 5.74. The number of benzene rings is 1. The summed E-state index contributed by atoms with van der Waals surface area (Å²) >= 11 is 0. The lowest BCUT2D eigenvalue weighted by Gasteiger charge is -2.40. The van der Waals surface area contributed by atoms with Crippen LogP contribution in [0.3, 0.4) is 0 Å². The molecule has 1 heterocycles. The van der Waals surface area contributed by atoms with Gasteiger partial charge in [-0.05, 0) is 44.2 Å². The molecule has 1 aliphatic rings. The van der Waals surface area contributed by atoms with Crippen LogP contribution in [-0.4, -0.2) is 41.0 Å². The lowest BCUT2D eigenvalue weighted by atomic mass is 9.88. The zero-order chi connectivity index (χ0) is 20.8. The van der Waals surface area contributed by atoms with Gasteiger partial charge in [0.15, 0.2) is 0 Å². The highest BCUT2D eigenvalue weighted by atomic mass is 16.5. The Hall–Kier alpha value is -2.89. The first-order valence-corrected chi connectivity index (χ1v) is 10.1. The first-order chi connectivity index (χ1) is 14.0.